The van der Waals surface area contributed by atoms with Gasteiger partial charge in [0.2, 0.25) is 0 Å². The predicted octanol–water partition coefficient (Wildman–Crippen LogP) is 4.23. The first-order valence-electron chi connectivity index (χ1n) is 10.4. The highest BCUT2D eigenvalue weighted by atomic mass is 16.3. The van der Waals surface area contributed by atoms with E-state index < -0.39 is 17.7 Å². The van der Waals surface area contributed by atoms with E-state index >= 15 is 0 Å². The maximum Gasteiger partial charge on any atom is 0.295 e. The maximum absolute atomic E-state index is 13.1. The number of aliphatic hydroxyl groups excluding tert-OH is 1. The van der Waals surface area contributed by atoms with Crippen molar-refractivity contribution in [3.63, 3.8) is 0 Å². The Morgan fingerprint density at radius 2 is 1.72 bits per heavy atom. The second-order valence-electron chi connectivity index (χ2n) is 7.72. The predicted molar refractivity (Wildman–Crippen MR) is 122 cm³/mol. The average molecular weight is 423 g/mol. The zero-order chi connectivity index (χ0) is 22.1. The third-order valence-corrected chi connectivity index (χ3v) is 5.85. The first-order valence-corrected chi connectivity index (χ1v) is 10.4. The Bertz CT molecular complexity index is 1330. The molecule has 3 heterocycles. The van der Waals surface area contributed by atoms with Gasteiger partial charge in [-0.1, -0.05) is 54.6 Å². The minimum atomic E-state index is -0.749. The molecule has 0 spiro atoms. The number of nitrogens with one attached hydrogen (secondary N) is 1. The molecule has 1 unspecified atom stereocenters. The van der Waals surface area contributed by atoms with Crippen molar-refractivity contribution in [1.82, 2.24) is 14.9 Å². The van der Waals surface area contributed by atoms with Crippen molar-refractivity contribution >= 4 is 28.4 Å². The molecule has 2 aromatic carbocycles. The summed E-state index contributed by atoms with van der Waals surface area (Å²) in [4.78, 5) is 35.3. The molecule has 158 valence electrons. The van der Waals surface area contributed by atoms with E-state index in [9.17, 15) is 14.7 Å². The lowest BCUT2D eigenvalue weighted by Gasteiger charge is -2.24. The summed E-state index contributed by atoms with van der Waals surface area (Å²) >= 11 is 0. The van der Waals surface area contributed by atoms with Gasteiger partial charge in [0.25, 0.3) is 11.7 Å². The van der Waals surface area contributed by atoms with Crippen LogP contribution in [-0.4, -0.2) is 38.2 Å². The molecular weight excluding hydrogens is 402 g/mol. The summed E-state index contributed by atoms with van der Waals surface area (Å²) < 4.78 is 0. The number of likely N-dealkylation sites (tertiary alicyclic amines) is 1. The third-order valence-electron chi connectivity index (χ3n) is 5.85. The summed E-state index contributed by atoms with van der Waals surface area (Å²) in [5, 5.41) is 12.1. The van der Waals surface area contributed by atoms with Crippen LogP contribution in [0.15, 0.2) is 90.8 Å². The molecule has 0 radical (unpaired) electrons. The van der Waals surface area contributed by atoms with Gasteiger partial charge < -0.3 is 15.0 Å². The fourth-order valence-corrected chi connectivity index (χ4v) is 4.29. The van der Waals surface area contributed by atoms with Crippen molar-refractivity contribution < 1.29 is 14.7 Å². The molecule has 1 amide bonds. The summed E-state index contributed by atoms with van der Waals surface area (Å²) in [6, 6.07) is 21.4. The van der Waals surface area contributed by atoms with Crippen LogP contribution in [0.1, 0.15) is 22.9 Å². The van der Waals surface area contributed by atoms with Gasteiger partial charge in [0.15, 0.2) is 0 Å². The van der Waals surface area contributed by atoms with Crippen LogP contribution < -0.4 is 0 Å². The van der Waals surface area contributed by atoms with Crippen molar-refractivity contribution in [2.75, 3.05) is 6.54 Å². The zero-order valence-corrected chi connectivity index (χ0v) is 17.2. The lowest BCUT2D eigenvalue weighted by atomic mass is 9.98. The van der Waals surface area contributed by atoms with Crippen molar-refractivity contribution in [2.45, 2.75) is 12.5 Å². The van der Waals surface area contributed by atoms with E-state index in [0.29, 0.717) is 24.2 Å². The van der Waals surface area contributed by atoms with Crippen LogP contribution in [0, 0.1) is 0 Å². The van der Waals surface area contributed by atoms with Crippen LogP contribution in [0.3, 0.4) is 0 Å². The monoisotopic (exact) mass is 423 g/mol. The van der Waals surface area contributed by atoms with Gasteiger partial charge in [-0.15, -0.1) is 0 Å². The minimum absolute atomic E-state index is 0.0684. The largest absolute Gasteiger partial charge is 0.507 e. The van der Waals surface area contributed by atoms with E-state index in [1.807, 2.05) is 42.6 Å². The van der Waals surface area contributed by atoms with E-state index in [2.05, 4.69) is 9.97 Å². The Morgan fingerprint density at radius 1 is 0.969 bits per heavy atom. The molecule has 1 aliphatic rings. The Balaban J connectivity index is 1.55. The number of benzene rings is 2. The van der Waals surface area contributed by atoms with Gasteiger partial charge in [-0.2, -0.15) is 0 Å². The number of H-pyrrole nitrogens is 1. The summed E-state index contributed by atoms with van der Waals surface area (Å²) in [7, 11) is 0. The summed E-state index contributed by atoms with van der Waals surface area (Å²) in [5.41, 5.74) is 3.19. The normalized spacial score (nSPS) is 17.9. The van der Waals surface area contributed by atoms with E-state index in [-0.39, 0.29) is 11.3 Å². The van der Waals surface area contributed by atoms with Crippen LogP contribution in [0.5, 0.6) is 0 Å². The number of carbonyl (C=O) groups excluding carboxylic acids is 2. The van der Waals surface area contributed by atoms with Gasteiger partial charge in [0.05, 0.1) is 11.3 Å². The van der Waals surface area contributed by atoms with Gasteiger partial charge in [0.1, 0.15) is 11.8 Å². The number of fused-ring (bicyclic) bond motifs is 1. The lowest BCUT2D eigenvalue weighted by molar-refractivity contribution is -0.139. The molecule has 0 bridgehead atoms. The topological polar surface area (TPSA) is 86.3 Å². The molecule has 0 saturated carbocycles. The Morgan fingerprint density at radius 3 is 2.50 bits per heavy atom. The average Bonchev–Trinajstić information content (AvgIpc) is 3.37. The fraction of sp³-hybridized carbons (Fsp3) is 0.115. The second-order valence-corrected chi connectivity index (χ2v) is 7.72. The van der Waals surface area contributed by atoms with Gasteiger partial charge >= 0.3 is 0 Å². The molecular formula is C26H21N3O3. The number of aromatic amines is 1. The Kier molecular flexibility index (Phi) is 5.03. The van der Waals surface area contributed by atoms with E-state index in [0.717, 1.165) is 16.5 Å². The van der Waals surface area contributed by atoms with Gasteiger partial charge in [0, 0.05) is 35.4 Å². The van der Waals surface area contributed by atoms with Gasteiger partial charge in [-0.25, -0.2) is 0 Å². The van der Waals surface area contributed by atoms with Crippen LogP contribution in [-0.2, 0) is 16.0 Å². The van der Waals surface area contributed by atoms with Crippen LogP contribution >= 0.6 is 0 Å². The van der Waals surface area contributed by atoms with E-state index in [4.69, 9.17) is 0 Å². The molecule has 32 heavy (non-hydrogen) atoms. The molecule has 1 atom stereocenters. The second kappa shape index (κ2) is 8.15. The number of amides is 1. The van der Waals surface area contributed by atoms with Crippen LogP contribution in [0.4, 0.5) is 0 Å². The van der Waals surface area contributed by atoms with E-state index in [1.165, 1.54) is 4.90 Å². The number of rotatable bonds is 5. The van der Waals surface area contributed by atoms with E-state index in [1.54, 1.807) is 42.6 Å². The summed E-state index contributed by atoms with van der Waals surface area (Å²) in [5.74, 6) is -1.51. The number of hydrogen-bond acceptors (Lipinski definition) is 4. The molecule has 0 aliphatic carbocycles. The number of ketones is 1. The Hall–Kier alpha value is -4.19. The SMILES string of the molecule is O=C1C(=O)N(CCc2c[nH]c3ccccc23)C(c2ccccn2)/C1=C(/O)c1ccccc1. The van der Waals surface area contributed by atoms with Crippen molar-refractivity contribution in [1.29, 1.82) is 0 Å². The number of nitrogens with zero attached hydrogens (tertiary/aromatic N) is 2. The van der Waals surface area contributed by atoms with Crippen molar-refractivity contribution in [3.8, 4) is 0 Å². The zero-order valence-electron chi connectivity index (χ0n) is 17.2. The molecule has 4 aromatic rings. The number of para-hydroxylation sites is 1. The molecule has 2 aromatic heterocycles. The minimum Gasteiger partial charge on any atom is -0.507 e. The van der Waals surface area contributed by atoms with Crippen molar-refractivity contribution in [2.24, 2.45) is 0 Å². The fourth-order valence-electron chi connectivity index (χ4n) is 4.29. The highest BCUT2D eigenvalue weighted by molar-refractivity contribution is 6.46. The third kappa shape index (κ3) is 3.36. The van der Waals surface area contributed by atoms with Gasteiger partial charge in [-0.05, 0) is 30.2 Å². The smallest absolute Gasteiger partial charge is 0.295 e. The first-order chi connectivity index (χ1) is 15.6. The highest BCUT2D eigenvalue weighted by Gasteiger charge is 2.46. The standard InChI is InChI=1S/C26H21N3O3/c30-24(17-8-2-1-3-9-17)22-23(21-12-6-7-14-27-21)29(26(32)25(22)31)15-13-18-16-28-20-11-5-4-10-19(18)20/h1-12,14,16,23,28,30H,13,15H2/b24-22-. The molecule has 6 nitrogen and oxygen atoms in total. The molecule has 1 fully saturated rings. The number of hydrogen-bond donors (Lipinski definition) is 2. The molecule has 5 rings (SSSR count). The molecule has 1 aliphatic heterocycles. The first kappa shape index (κ1) is 19.8. The molecule has 2 N–H and O–H groups in total. The number of carbonyl (C=O) groups is 2. The molecule has 6 heteroatoms. The van der Waals surface area contributed by atoms with Crippen molar-refractivity contribution in [3.05, 3.63) is 108 Å². The highest BCUT2D eigenvalue weighted by Crippen LogP contribution is 2.38. The lowest BCUT2D eigenvalue weighted by Crippen LogP contribution is -2.32. The number of pyridine rings is 1. The van der Waals surface area contributed by atoms with Crippen LogP contribution in [0.25, 0.3) is 16.7 Å². The quantitative estimate of drug-likeness (QED) is 0.286. The number of aliphatic hydroxyl groups is 1. The van der Waals surface area contributed by atoms with Crippen LogP contribution in [0.2, 0.25) is 0 Å². The van der Waals surface area contributed by atoms with Gasteiger partial charge in [-0.3, -0.25) is 14.6 Å². The number of aromatic nitrogens is 2. The Labute approximate surface area is 184 Å². The number of Topliss-reactive ketones (excluding diaryl/α,β-unsaturated/α-hetero) is 1. The summed E-state index contributed by atoms with van der Waals surface area (Å²) in [6.45, 7) is 0.319. The summed E-state index contributed by atoms with van der Waals surface area (Å²) in [6.07, 6.45) is 4.12. The maximum atomic E-state index is 13.1. The molecule has 1 saturated heterocycles.